The van der Waals surface area contributed by atoms with Crippen LogP contribution in [0.5, 0.6) is 0 Å². The van der Waals surface area contributed by atoms with E-state index >= 15 is 0 Å². The van der Waals surface area contributed by atoms with Gasteiger partial charge in [-0.2, -0.15) is 13.2 Å². The maximum Gasteiger partial charge on any atom is 0.389 e. The first kappa shape index (κ1) is 16.3. The third kappa shape index (κ3) is 6.83. The number of unbranched alkanes of at least 4 members (excludes halogenated alkanes) is 6. The number of hydrogen-bond donors (Lipinski definition) is 1. The van der Waals surface area contributed by atoms with Gasteiger partial charge in [0.2, 0.25) is 0 Å². The van der Waals surface area contributed by atoms with Crippen LogP contribution in [0.2, 0.25) is 0 Å². The van der Waals surface area contributed by atoms with Crippen molar-refractivity contribution < 1.29 is 23.1 Å². The third-order valence-corrected chi connectivity index (χ3v) is 3.92. The summed E-state index contributed by atoms with van der Waals surface area (Å²) in [6, 6.07) is 0. The van der Waals surface area contributed by atoms with Gasteiger partial charge in [0.25, 0.3) is 0 Å². The maximum atomic E-state index is 11.9. The van der Waals surface area contributed by atoms with E-state index in [1.165, 1.54) is 0 Å². The van der Waals surface area contributed by atoms with Gasteiger partial charge < -0.3 is 5.11 Å². The lowest BCUT2D eigenvalue weighted by molar-refractivity contribution is -0.143. The molecule has 2 nitrogen and oxygen atoms in total. The summed E-state index contributed by atoms with van der Waals surface area (Å²) in [5, 5.41) is 8.98. The van der Waals surface area contributed by atoms with E-state index < -0.39 is 24.0 Å². The molecule has 1 rings (SSSR count). The number of halogens is 3. The molecule has 19 heavy (non-hydrogen) atoms. The van der Waals surface area contributed by atoms with Gasteiger partial charge in [0.05, 0.1) is 5.41 Å². The number of aliphatic carboxylic acids is 1. The summed E-state index contributed by atoms with van der Waals surface area (Å²) in [5.74, 6) is -0.667. The zero-order valence-electron chi connectivity index (χ0n) is 11.3. The Kier molecular flexibility index (Phi) is 6.14. The van der Waals surface area contributed by atoms with Gasteiger partial charge in [0.1, 0.15) is 0 Å². The van der Waals surface area contributed by atoms with Crippen molar-refractivity contribution in [1.82, 2.24) is 0 Å². The minimum atomic E-state index is -4.02. The van der Waals surface area contributed by atoms with E-state index in [9.17, 15) is 18.0 Å². The van der Waals surface area contributed by atoms with E-state index in [0.29, 0.717) is 6.42 Å². The first-order valence-corrected chi connectivity index (χ1v) is 7.16. The van der Waals surface area contributed by atoms with Gasteiger partial charge in [-0.25, -0.2) is 0 Å². The van der Waals surface area contributed by atoms with Crippen LogP contribution in [0.25, 0.3) is 0 Å². The summed E-state index contributed by atoms with van der Waals surface area (Å²) >= 11 is 0. The largest absolute Gasteiger partial charge is 0.481 e. The Morgan fingerprint density at radius 1 is 0.947 bits per heavy atom. The summed E-state index contributed by atoms with van der Waals surface area (Å²) in [6.07, 6.45) is 3.27. The van der Waals surface area contributed by atoms with Gasteiger partial charge >= 0.3 is 12.1 Å². The van der Waals surface area contributed by atoms with E-state index in [0.717, 1.165) is 51.4 Å². The lowest BCUT2D eigenvalue weighted by Gasteiger charge is -2.09. The fourth-order valence-electron chi connectivity index (χ4n) is 2.39. The Hall–Kier alpha value is -0.740. The highest BCUT2D eigenvalue weighted by Gasteiger charge is 2.49. The average molecular weight is 280 g/mol. The zero-order chi connectivity index (χ0) is 14.4. The van der Waals surface area contributed by atoms with Crippen LogP contribution in [0.3, 0.4) is 0 Å². The van der Waals surface area contributed by atoms with Crippen LogP contribution >= 0.6 is 0 Å². The second-order valence-corrected chi connectivity index (χ2v) is 5.68. The Morgan fingerprint density at radius 3 is 1.84 bits per heavy atom. The predicted molar refractivity (Wildman–Crippen MR) is 66.9 cm³/mol. The average Bonchev–Trinajstić information content (AvgIpc) is 3.06. The van der Waals surface area contributed by atoms with Gasteiger partial charge in [-0.15, -0.1) is 0 Å². The first-order chi connectivity index (χ1) is 8.86. The molecule has 0 heterocycles. The summed E-state index contributed by atoms with van der Waals surface area (Å²) in [4.78, 5) is 10.9. The normalized spacial score (nSPS) is 17.4. The molecule has 0 saturated heterocycles. The topological polar surface area (TPSA) is 37.3 Å². The Balaban J connectivity index is 1.86. The van der Waals surface area contributed by atoms with Crippen LogP contribution in [-0.4, -0.2) is 17.3 Å². The van der Waals surface area contributed by atoms with Crippen LogP contribution in [0.4, 0.5) is 13.2 Å². The zero-order valence-corrected chi connectivity index (χ0v) is 11.3. The standard InChI is InChI=1S/C14H23F3O2/c15-14(16,17)9-7-5-3-1-2-4-6-8-13(10-11-13)12(18)19/h1-11H2,(H,18,19). The van der Waals surface area contributed by atoms with Crippen molar-refractivity contribution in [1.29, 1.82) is 0 Å². The number of carbonyl (C=O) groups is 1. The Morgan fingerprint density at radius 2 is 1.42 bits per heavy atom. The van der Waals surface area contributed by atoms with E-state index in [4.69, 9.17) is 5.11 Å². The molecule has 5 heteroatoms. The highest BCUT2D eigenvalue weighted by atomic mass is 19.4. The highest BCUT2D eigenvalue weighted by Crippen LogP contribution is 2.50. The third-order valence-electron chi connectivity index (χ3n) is 3.92. The van der Waals surface area contributed by atoms with Gasteiger partial charge in [-0.1, -0.05) is 38.5 Å². The molecule has 1 fully saturated rings. The molecule has 0 spiro atoms. The molecule has 0 amide bonds. The molecule has 0 aromatic heterocycles. The minimum Gasteiger partial charge on any atom is -0.481 e. The van der Waals surface area contributed by atoms with Crippen molar-refractivity contribution in [2.75, 3.05) is 0 Å². The molecule has 0 unspecified atom stereocenters. The molecule has 0 aromatic rings. The van der Waals surface area contributed by atoms with E-state index in [1.54, 1.807) is 0 Å². The van der Waals surface area contributed by atoms with Crippen molar-refractivity contribution in [2.45, 2.75) is 76.8 Å². The first-order valence-electron chi connectivity index (χ1n) is 7.16. The molecule has 0 aromatic carbocycles. The van der Waals surface area contributed by atoms with Crippen molar-refractivity contribution >= 4 is 5.97 Å². The van der Waals surface area contributed by atoms with E-state index in [2.05, 4.69) is 0 Å². The minimum absolute atomic E-state index is 0.228. The van der Waals surface area contributed by atoms with Crippen LogP contribution in [0, 0.1) is 5.41 Å². The lowest BCUT2D eigenvalue weighted by atomic mass is 9.97. The number of hydrogen-bond acceptors (Lipinski definition) is 1. The van der Waals surface area contributed by atoms with Crippen molar-refractivity contribution in [3.63, 3.8) is 0 Å². The summed E-state index contributed by atoms with van der Waals surface area (Å²) in [7, 11) is 0. The molecule has 1 aliphatic carbocycles. The summed E-state index contributed by atoms with van der Waals surface area (Å²) < 4.78 is 35.6. The van der Waals surface area contributed by atoms with Crippen LogP contribution in [-0.2, 0) is 4.79 Å². The number of carboxylic acids is 1. The smallest absolute Gasteiger partial charge is 0.389 e. The number of carboxylic acid groups (broad SMARTS) is 1. The molecule has 1 aliphatic rings. The SMILES string of the molecule is O=C(O)C1(CCCCCCCCCC(F)(F)F)CC1. The second-order valence-electron chi connectivity index (χ2n) is 5.68. The fraction of sp³-hybridized carbons (Fsp3) is 0.929. The van der Waals surface area contributed by atoms with Gasteiger partial charge in [-0.3, -0.25) is 4.79 Å². The van der Waals surface area contributed by atoms with Gasteiger partial charge in [0.15, 0.2) is 0 Å². The fourth-order valence-corrected chi connectivity index (χ4v) is 2.39. The molecule has 1 N–H and O–H groups in total. The van der Waals surface area contributed by atoms with Crippen LogP contribution < -0.4 is 0 Å². The lowest BCUT2D eigenvalue weighted by Crippen LogP contribution is -2.14. The highest BCUT2D eigenvalue weighted by molar-refractivity contribution is 5.77. The maximum absolute atomic E-state index is 11.9. The molecular weight excluding hydrogens is 257 g/mol. The van der Waals surface area contributed by atoms with Gasteiger partial charge in [-0.05, 0) is 25.7 Å². The quantitative estimate of drug-likeness (QED) is 0.576. The monoisotopic (exact) mass is 280 g/mol. The van der Waals surface area contributed by atoms with Gasteiger partial charge in [0, 0.05) is 6.42 Å². The van der Waals surface area contributed by atoms with Crippen molar-refractivity contribution in [3.05, 3.63) is 0 Å². The van der Waals surface area contributed by atoms with Crippen LogP contribution in [0.1, 0.15) is 70.6 Å². The Labute approximate surface area is 112 Å². The van der Waals surface area contributed by atoms with Crippen LogP contribution in [0.15, 0.2) is 0 Å². The summed E-state index contributed by atoms with van der Waals surface area (Å²) in [5.41, 5.74) is -0.424. The molecule has 112 valence electrons. The molecule has 0 atom stereocenters. The molecular formula is C14H23F3O2. The number of rotatable bonds is 10. The van der Waals surface area contributed by atoms with E-state index in [-0.39, 0.29) is 6.42 Å². The Bertz CT molecular complexity index is 283. The number of alkyl halides is 3. The van der Waals surface area contributed by atoms with Crippen molar-refractivity contribution in [3.8, 4) is 0 Å². The summed E-state index contributed by atoms with van der Waals surface area (Å²) in [6.45, 7) is 0. The predicted octanol–water partition coefficient (Wildman–Crippen LogP) is 4.92. The molecule has 0 bridgehead atoms. The molecule has 0 radical (unpaired) electrons. The second kappa shape index (κ2) is 7.15. The van der Waals surface area contributed by atoms with Crippen molar-refractivity contribution in [2.24, 2.45) is 5.41 Å². The van der Waals surface area contributed by atoms with E-state index in [1.807, 2.05) is 0 Å². The molecule has 1 saturated carbocycles. The molecule has 0 aliphatic heterocycles.